The number of carbonyl (C=O) groups excluding carboxylic acids is 2. The van der Waals surface area contributed by atoms with Crippen molar-refractivity contribution in [2.45, 2.75) is 19.4 Å². The summed E-state index contributed by atoms with van der Waals surface area (Å²) in [5.74, 6) is -1.95. The van der Waals surface area contributed by atoms with Crippen molar-refractivity contribution in [1.82, 2.24) is 4.90 Å². The summed E-state index contributed by atoms with van der Waals surface area (Å²) in [5.41, 5.74) is 3.70. The number of likely N-dealkylation sites (tertiary alicyclic amines) is 1. The molecule has 1 unspecified atom stereocenters. The fraction of sp³-hybridized carbons (Fsp3) is 0.250. The molecule has 2 rings (SSSR count). The molecule has 2 N–H and O–H groups in total. The van der Waals surface area contributed by atoms with Gasteiger partial charge in [0.2, 0.25) is 0 Å². The summed E-state index contributed by atoms with van der Waals surface area (Å²) in [6, 6.07) is 5.50. The Balaban J connectivity index is 2.69. The van der Waals surface area contributed by atoms with Crippen LogP contribution in [0.25, 0.3) is 0 Å². The zero-order valence-electron chi connectivity index (χ0n) is 13.5. The molecule has 1 atom stereocenters. The second-order valence-electron chi connectivity index (χ2n) is 5.11. The molecule has 0 aromatic heterocycles. The largest absolute Gasteiger partial charge is 0.455 e. The molecular formula is C16H17N3O5. The van der Waals surface area contributed by atoms with E-state index in [1.54, 1.807) is 19.9 Å². The lowest BCUT2D eigenvalue weighted by Gasteiger charge is -2.25. The maximum atomic E-state index is 12.7. The van der Waals surface area contributed by atoms with E-state index in [1.807, 2.05) is 0 Å². The maximum absolute atomic E-state index is 12.7. The van der Waals surface area contributed by atoms with Gasteiger partial charge in [-0.05, 0) is 19.9 Å². The molecule has 1 aromatic rings. The Morgan fingerprint density at radius 3 is 2.46 bits per heavy atom. The number of nitrogens with two attached hydrogens (primary N) is 1. The minimum Gasteiger partial charge on any atom is -0.455 e. The average Bonchev–Trinajstić information content (AvgIpc) is 2.76. The third-order valence-electron chi connectivity index (χ3n) is 3.86. The molecule has 126 valence electrons. The van der Waals surface area contributed by atoms with Crippen molar-refractivity contribution in [1.29, 1.82) is 0 Å². The first-order chi connectivity index (χ1) is 11.3. The predicted octanol–water partition coefficient (Wildman–Crippen LogP) is 1.52. The highest BCUT2D eigenvalue weighted by molar-refractivity contribution is 6.16. The van der Waals surface area contributed by atoms with E-state index in [0.717, 1.165) is 0 Å². The van der Waals surface area contributed by atoms with E-state index in [2.05, 4.69) is 0 Å². The van der Waals surface area contributed by atoms with Crippen LogP contribution in [0.3, 0.4) is 0 Å². The monoisotopic (exact) mass is 331 g/mol. The van der Waals surface area contributed by atoms with Crippen LogP contribution in [0.2, 0.25) is 0 Å². The van der Waals surface area contributed by atoms with Gasteiger partial charge in [0.15, 0.2) is 5.75 Å². The maximum Gasteiger partial charge on any atom is 0.311 e. The molecular weight excluding hydrogens is 314 g/mol. The topological polar surface area (TPSA) is 116 Å². The smallest absolute Gasteiger partial charge is 0.311 e. The van der Waals surface area contributed by atoms with Crippen LogP contribution in [0.5, 0.6) is 5.75 Å². The first-order valence-corrected chi connectivity index (χ1v) is 7.15. The first-order valence-electron chi connectivity index (χ1n) is 7.15. The number of allylic oxidation sites excluding steroid dienone is 2. The first kappa shape index (κ1) is 17.2. The molecule has 0 saturated carbocycles. The third-order valence-corrected chi connectivity index (χ3v) is 3.86. The van der Waals surface area contributed by atoms with Gasteiger partial charge in [0, 0.05) is 24.4 Å². The highest BCUT2D eigenvalue weighted by Gasteiger charge is 2.59. The fourth-order valence-electron chi connectivity index (χ4n) is 2.77. The zero-order valence-corrected chi connectivity index (χ0v) is 13.5. The lowest BCUT2D eigenvalue weighted by atomic mass is 9.93. The standard InChI is InChI=1S/C16H17N3O5/c1-4-10-11(5-2)18(3)15(21)16(10,14(17)20)24-13-9-7-6-8-12(13)19(22)23/h4-9H,1-3H3,(H2,17,20)/b10-4+,11-5+. The molecule has 0 bridgehead atoms. The molecule has 24 heavy (non-hydrogen) atoms. The summed E-state index contributed by atoms with van der Waals surface area (Å²) in [6.45, 7) is 3.33. The van der Waals surface area contributed by atoms with Gasteiger partial charge < -0.3 is 15.4 Å². The van der Waals surface area contributed by atoms with Crippen LogP contribution < -0.4 is 10.5 Å². The van der Waals surface area contributed by atoms with E-state index >= 15 is 0 Å². The van der Waals surface area contributed by atoms with E-state index in [-0.39, 0.29) is 17.0 Å². The number of benzene rings is 1. The van der Waals surface area contributed by atoms with Crippen molar-refractivity contribution in [2.75, 3.05) is 7.05 Å². The van der Waals surface area contributed by atoms with Gasteiger partial charge in [0.25, 0.3) is 17.4 Å². The number of para-hydroxylation sites is 2. The molecule has 1 heterocycles. The number of ether oxygens (including phenoxy) is 1. The summed E-state index contributed by atoms with van der Waals surface area (Å²) >= 11 is 0. The van der Waals surface area contributed by atoms with E-state index in [9.17, 15) is 19.7 Å². The van der Waals surface area contributed by atoms with Gasteiger partial charge in [-0.3, -0.25) is 19.7 Å². The van der Waals surface area contributed by atoms with Crippen molar-refractivity contribution in [2.24, 2.45) is 5.73 Å². The molecule has 1 aliphatic heterocycles. The van der Waals surface area contributed by atoms with Gasteiger partial charge in [0.05, 0.1) is 4.92 Å². The molecule has 1 fully saturated rings. The van der Waals surface area contributed by atoms with Gasteiger partial charge in [-0.25, -0.2) is 0 Å². The number of nitro benzene ring substituents is 1. The second kappa shape index (κ2) is 6.15. The molecule has 1 aliphatic rings. The Morgan fingerprint density at radius 2 is 1.96 bits per heavy atom. The Bertz CT molecular complexity index is 784. The number of nitro groups is 1. The van der Waals surface area contributed by atoms with Crippen LogP contribution in [0.15, 0.2) is 47.7 Å². The van der Waals surface area contributed by atoms with Crippen LogP contribution in [-0.2, 0) is 9.59 Å². The number of amides is 2. The molecule has 2 amide bonds. The van der Waals surface area contributed by atoms with Gasteiger partial charge in [-0.15, -0.1) is 0 Å². The van der Waals surface area contributed by atoms with Gasteiger partial charge in [0.1, 0.15) is 0 Å². The average molecular weight is 331 g/mol. The number of rotatable bonds is 4. The highest BCUT2D eigenvalue weighted by atomic mass is 16.6. The van der Waals surface area contributed by atoms with Crippen molar-refractivity contribution in [3.8, 4) is 5.75 Å². The van der Waals surface area contributed by atoms with Gasteiger partial charge in [-0.2, -0.15) is 0 Å². The van der Waals surface area contributed by atoms with Gasteiger partial charge >= 0.3 is 5.69 Å². The Labute approximate surface area is 138 Å². The van der Waals surface area contributed by atoms with E-state index in [1.165, 1.54) is 42.3 Å². The van der Waals surface area contributed by atoms with Crippen molar-refractivity contribution in [3.05, 3.63) is 57.8 Å². The summed E-state index contributed by atoms with van der Waals surface area (Å²) in [6.07, 6.45) is 3.18. The molecule has 8 nitrogen and oxygen atoms in total. The number of carbonyl (C=O) groups is 2. The Kier molecular flexibility index (Phi) is 4.41. The van der Waals surface area contributed by atoms with Crippen LogP contribution in [0.1, 0.15) is 13.8 Å². The molecule has 0 radical (unpaired) electrons. The zero-order chi connectivity index (χ0) is 18.1. The number of hydrogen-bond donors (Lipinski definition) is 1. The lowest BCUT2D eigenvalue weighted by Crippen LogP contribution is -2.55. The van der Waals surface area contributed by atoms with Crippen molar-refractivity contribution < 1.29 is 19.2 Å². The third kappa shape index (κ3) is 2.32. The van der Waals surface area contributed by atoms with Crippen LogP contribution >= 0.6 is 0 Å². The molecule has 1 aromatic carbocycles. The quantitative estimate of drug-likeness (QED) is 0.510. The Morgan fingerprint density at radius 1 is 1.33 bits per heavy atom. The molecule has 8 heteroatoms. The van der Waals surface area contributed by atoms with E-state index < -0.39 is 22.3 Å². The summed E-state index contributed by atoms with van der Waals surface area (Å²) in [7, 11) is 1.48. The number of likely N-dealkylation sites (N-methyl/N-ethyl adjacent to an activating group) is 1. The van der Waals surface area contributed by atoms with E-state index in [0.29, 0.717) is 5.70 Å². The van der Waals surface area contributed by atoms with Crippen molar-refractivity contribution in [3.63, 3.8) is 0 Å². The second-order valence-corrected chi connectivity index (χ2v) is 5.11. The normalized spacial score (nSPS) is 23.8. The molecule has 0 aliphatic carbocycles. The van der Waals surface area contributed by atoms with Crippen LogP contribution in [-0.4, -0.2) is 34.3 Å². The minimum atomic E-state index is -2.14. The van der Waals surface area contributed by atoms with Crippen molar-refractivity contribution >= 4 is 17.5 Å². The molecule has 0 spiro atoms. The van der Waals surface area contributed by atoms with Crippen LogP contribution in [0, 0.1) is 10.1 Å². The van der Waals surface area contributed by atoms with E-state index in [4.69, 9.17) is 10.5 Å². The highest BCUT2D eigenvalue weighted by Crippen LogP contribution is 2.41. The SMILES string of the molecule is C/C=C1\C(=C/C)C(Oc2ccccc2[N+](=O)[O-])(C(N)=O)C(=O)N1C. The predicted molar refractivity (Wildman–Crippen MR) is 85.9 cm³/mol. The lowest BCUT2D eigenvalue weighted by molar-refractivity contribution is -0.386. The summed E-state index contributed by atoms with van der Waals surface area (Å²) in [4.78, 5) is 36.7. The minimum absolute atomic E-state index is 0.209. The molecule has 1 saturated heterocycles. The Hall–Kier alpha value is -3.16. The number of nitrogens with zero attached hydrogens (tertiary/aromatic N) is 2. The number of primary amides is 1. The van der Waals surface area contributed by atoms with Crippen LogP contribution in [0.4, 0.5) is 5.69 Å². The summed E-state index contributed by atoms with van der Waals surface area (Å²) in [5, 5.41) is 11.2. The van der Waals surface area contributed by atoms with Gasteiger partial charge in [-0.1, -0.05) is 24.3 Å². The fourth-order valence-corrected chi connectivity index (χ4v) is 2.77. The number of hydrogen-bond acceptors (Lipinski definition) is 5. The summed E-state index contributed by atoms with van der Waals surface area (Å²) < 4.78 is 5.62.